The molecule has 2 nitrogen and oxygen atoms in total. The predicted molar refractivity (Wildman–Crippen MR) is 46.0 cm³/mol. The van der Waals surface area contributed by atoms with Gasteiger partial charge in [-0.2, -0.15) is 0 Å². The summed E-state index contributed by atoms with van der Waals surface area (Å²) in [5.74, 6) is 0.984. The summed E-state index contributed by atoms with van der Waals surface area (Å²) in [4.78, 5) is 8.06. The van der Waals surface area contributed by atoms with E-state index in [2.05, 4.69) is 41.9 Å². The third-order valence-electron chi connectivity index (χ3n) is 1.20. The van der Waals surface area contributed by atoms with E-state index in [9.17, 15) is 0 Å². The van der Waals surface area contributed by atoms with E-state index in [0.717, 1.165) is 24.5 Å². The van der Waals surface area contributed by atoms with Crippen molar-refractivity contribution in [2.75, 3.05) is 13.1 Å². The molecule has 0 bridgehead atoms. The number of nitrogens with one attached hydrogen (secondary N) is 1. The summed E-state index contributed by atoms with van der Waals surface area (Å²) in [6.45, 7) is 1.85. The Balaban J connectivity index is 2.71. The summed E-state index contributed by atoms with van der Waals surface area (Å²) < 4.78 is 0. The molecule has 0 aromatic carbocycles. The number of hydrogen-bond donors (Lipinski definition) is 1. The van der Waals surface area contributed by atoms with Crippen molar-refractivity contribution in [3.05, 3.63) is 10.5 Å². The summed E-state index contributed by atoms with van der Waals surface area (Å²) in [6.07, 6.45) is 0. The molecule has 0 aliphatic carbocycles. The van der Waals surface area contributed by atoms with Gasteiger partial charge in [0.15, 0.2) is 0 Å². The second-order valence-corrected chi connectivity index (χ2v) is 2.84. The fourth-order valence-corrected chi connectivity index (χ4v) is 1.92. The number of amidine groups is 1. The van der Waals surface area contributed by atoms with Crippen LogP contribution in [0.2, 0.25) is 0 Å². The first kappa shape index (κ1) is 8.22. The Morgan fingerprint density at radius 2 is 2.50 bits per heavy atom. The molecule has 53 valence electrons. The summed E-state index contributed by atoms with van der Waals surface area (Å²) in [5.41, 5.74) is 1.09. The maximum absolute atomic E-state index is 4.24. The number of nitrogens with zero attached hydrogens (tertiary/aromatic N) is 1. The average molecular weight is 265 g/mol. The second-order valence-electron chi connectivity index (χ2n) is 1.85. The van der Waals surface area contributed by atoms with Crippen LogP contribution in [0.1, 0.15) is 0 Å². The molecule has 0 spiro atoms. The van der Waals surface area contributed by atoms with Gasteiger partial charge in [-0.1, -0.05) is 0 Å². The van der Waals surface area contributed by atoms with Crippen molar-refractivity contribution in [2.45, 2.75) is 0 Å². The Morgan fingerprint density at radius 3 is 2.90 bits per heavy atom. The first-order valence-corrected chi connectivity index (χ1v) is 4.92. The summed E-state index contributed by atoms with van der Waals surface area (Å²) in [7, 11) is 0. The van der Waals surface area contributed by atoms with Crippen LogP contribution < -0.4 is 5.32 Å². The maximum atomic E-state index is 4.24. The molecule has 0 atom stereocenters. The van der Waals surface area contributed by atoms with Gasteiger partial charge in [0.2, 0.25) is 0 Å². The molecule has 0 fully saturated rings. The van der Waals surface area contributed by atoms with Crippen molar-refractivity contribution in [1.29, 1.82) is 0 Å². The molecule has 0 saturated heterocycles. The van der Waals surface area contributed by atoms with E-state index in [1.807, 2.05) is 9.89 Å². The Morgan fingerprint density at radius 1 is 1.70 bits per heavy atom. The molecule has 0 saturated carbocycles. The van der Waals surface area contributed by atoms with Gasteiger partial charge in [0, 0.05) is 0 Å². The zero-order chi connectivity index (χ0) is 7.40. The molecule has 1 N–H and O–H groups in total. The first-order valence-electron chi connectivity index (χ1n) is 2.94. The SMILES string of the molecule is [Se]/C=C(\C=[Se])C1=NCCN1. The van der Waals surface area contributed by atoms with Gasteiger partial charge in [0.25, 0.3) is 0 Å². The first-order chi connectivity index (χ1) is 4.88. The molecule has 0 aromatic heterocycles. The van der Waals surface area contributed by atoms with Crippen LogP contribution in [0.5, 0.6) is 0 Å². The van der Waals surface area contributed by atoms with Gasteiger partial charge in [-0.05, 0) is 0 Å². The quantitative estimate of drug-likeness (QED) is 0.637. The molecule has 4 heteroatoms. The molecule has 1 aliphatic rings. The molecule has 1 heterocycles. The van der Waals surface area contributed by atoms with Crippen LogP contribution in [0.15, 0.2) is 15.5 Å². The number of rotatable bonds is 2. The molecule has 0 amide bonds. The topological polar surface area (TPSA) is 24.4 Å². The third kappa shape index (κ3) is 1.80. The van der Waals surface area contributed by atoms with Crippen molar-refractivity contribution >= 4 is 42.3 Å². The van der Waals surface area contributed by atoms with Crippen LogP contribution in [-0.2, 0) is 0 Å². The van der Waals surface area contributed by atoms with Gasteiger partial charge in [0.05, 0.1) is 0 Å². The van der Waals surface area contributed by atoms with Crippen molar-refractivity contribution in [1.82, 2.24) is 5.32 Å². The van der Waals surface area contributed by atoms with E-state index in [1.54, 1.807) is 0 Å². The fraction of sp³-hybridized carbons (Fsp3) is 0.333. The van der Waals surface area contributed by atoms with Crippen molar-refractivity contribution in [3.63, 3.8) is 0 Å². The zero-order valence-corrected chi connectivity index (χ0v) is 8.76. The van der Waals surface area contributed by atoms with E-state index in [4.69, 9.17) is 0 Å². The van der Waals surface area contributed by atoms with Crippen LogP contribution >= 0.6 is 0 Å². The third-order valence-corrected chi connectivity index (χ3v) is 2.27. The van der Waals surface area contributed by atoms with E-state index in [-0.39, 0.29) is 0 Å². The normalized spacial score (nSPS) is 18.0. The minimum absolute atomic E-state index is 0.889. The van der Waals surface area contributed by atoms with Crippen molar-refractivity contribution in [2.24, 2.45) is 4.99 Å². The number of hydrogen-bond acceptors (Lipinski definition) is 2. The van der Waals surface area contributed by atoms with Crippen LogP contribution in [0.4, 0.5) is 0 Å². The molecular weight excluding hydrogens is 258 g/mol. The molecule has 1 radical (unpaired) electrons. The van der Waals surface area contributed by atoms with E-state index >= 15 is 0 Å². The van der Waals surface area contributed by atoms with Crippen LogP contribution in [-0.4, -0.2) is 55.4 Å². The van der Waals surface area contributed by atoms with Gasteiger partial charge in [0.1, 0.15) is 0 Å². The Hall–Kier alpha value is 0.119. The van der Waals surface area contributed by atoms with Gasteiger partial charge in [-0.25, -0.2) is 0 Å². The van der Waals surface area contributed by atoms with Crippen LogP contribution in [0.3, 0.4) is 0 Å². The summed E-state index contributed by atoms with van der Waals surface area (Å²) in [5, 5.41) is 3.17. The molecule has 0 aromatic rings. The van der Waals surface area contributed by atoms with Crippen LogP contribution in [0, 0.1) is 0 Å². The molecule has 1 aliphatic heterocycles. The van der Waals surface area contributed by atoms with Gasteiger partial charge >= 0.3 is 76.3 Å². The summed E-state index contributed by atoms with van der Waals surface area (Å²) >= 11 is 5.67. The zero-order valence-electron chi connectivity index (χ0n) is 5.33. The van der Waals surface area contributed by atoms with E-state index < -0.39 is 0 Å². The summed E-state index contributed by atoms with van der Waals surface area (Å²) in [6, 6.07) is 0. The average Bonchev–Trinajstić information content (AvgIpc) is 2.43. The van der Waals surface area contributed by atoms with Crippen LogP contribution in [0.25, 0.3) is 0 Å². The Kier molecular flexibility index (Phi) is 3.36. The molecule has 1 rings (SSSR count). The van der Waals surface area contributed by atoms with E-state index in [1.165, 1.54) is 0 Å². The van der Waals surface area contributed by atoms with Gasteiger partial charge in [-0.3, -0.25) is 0 Å². The Labute approximate surface area is 76.3 Å². The van der Waals surface area contributed by atoms with Crippen molar-refractivity contribution < 1.29 is 0 Å². The van der Waals surface area contributed by atoms with Crippen molar-refractivity contribution in [3.8, 4) is 0 Å². The standard InChI is InChI=1S/C6H7N2Se2/c9-3-5(4-10)6-7-1-2-8-6/h3-4H,1-2H2,(H,7,8)/b5-3+. The number of aliphatic imine (C=N–C) groups is 1. The minimum atomic E-state index is 0.889. The monoisotopic (exact) mass is 267 g/mol. The fourth-order valence-electron chi connectivity index (χ4n) is 0.731. The van der Waals surface area contributed by atoms with Gasteiger partial charge < -0.3 is 0 Å². The second kappa shape index (κ2) is 4.09. The molecule has 0 unspecified atom stereocenters. The molecule has 10 heavy (non-hydrogen) atoms. The predicted octanol–water partition coefficient (Wildman–Crippen LogP) is -0.989. The van der Waals surface area contributed by atoms with E-state index in [0.29, 0.717) is 0 Å². The Bertz CT molecular complexity index is 196. The molecular formula is C6H7N2Se2. The van der Waals surface area contributed by atoms with Gasteiger partial charge in [-0.15, -0.1) is 0 Å².